The number of amides is 1. The van der Waals surface area contributed by atoms with Crippen molar-refractivity contribution in [2.45, 2.75) is 6.92 Å². The average Bonchev–Trinajstić information content (AvgIpc) is 2.37. The lowest BCUT2D eigenvalue weighted by Gasteiger charge is -2.13. The summed E-state index contributed by atoms with van der Waals surface area (Å²) in [7, 11) is 1.27. The molecule has 0 heterocycles. The summed E-state index contributed by atoms with van der Waals surface area (Å²) < 4.78 is 10.1. The van der Waals surface area contributed by atoms with Crippen LogP contribution in [0.4, 0.5) is 5.69 Å². The number of anilines is 1. The minimum atomic E-state index is -0.555. The third kappa shape index (κ3) is 4.40. The van der Waals surface area contributed by atoms with Gasteiger partial charge < -0.3 is 14.8 Å². The number of ether oxygens (including phenoxy) is 2. The molecule has 1 aromatic carbocycles. The zero-order valence-electron chi connectivity index (χ0n) is 10.5. The van der Waals surface area contributed by atoms with E-state index in [2.05, 4.69) is 26.0 Å². The van der Waals surface area contributed by atoms with Gasteiger partial charge in [-0.15, -0.1) is 0 Å². The molecule has 7 heteroatoms. The fraction of sp³-hybridized carbons (Fsp3) is 0.333. The summed E-state index contributed by atoms with van der Waals surface area (Å²) in [5.74, 6) is -0.514. The van der Waals surface area contributed by atoms with Crippen LogP contribution in [0.15, 0.2) is 12.1 Å². The van der Waals surface area contributed by atoms with E-state index in [1.165, 1.54) is 26.2 Å². The Labute approximate surface area is 124 Å². The maximum Gasteiger partial charge on any atom is 0.341 e. The van der Waals surface area contributed by atoms with Gasteiger partial charge in [-0.2, -0.15) is 0 Å². The van der Waals surface area contributed by atoms with Gasteiger partial charge in [0.2, 0.25) is 5.91 Å². The fourth-order valence-corrected chi connectivity index (χ4v) is 1.75. The Hall–Kier alpha value is -1.27. The maximum absolute atomic E-state index is 11.6. The highest BCUT2D eigenvalue weighted by Crippen LogP contribution is 2.31. The number of hydrogen-bond donors (Lipinski definition) is 1. The van der Waals surface area contributed by atoms with Gasteiger partial charge in [0.25, 0.3) is 0 Å². The van der Waals surface area contributed by atoms with Gasteiger partial charge in [-0.1, -0.05) is 27.5 Å². The number of esters is 1. The van der Waals surface area contributed by atoms with Crippen molar-refractivity contribution in [1.82, 2.24) is 0 Å². The number of nitrogens with one attached hydrogen (secondary N) is 1. The molecular formula is C12H13BrClNO4. The molecule has 0 bridgehead atoms. The monoisotopic (exact) mass is 349 g/mol. The van der Waals surface area contributed by atoms with E-state index in [0.29, 0.717) is 23.4 Å². The lowest BCUT2D eigenvalue weighted by Crippen LogP contribution is -2.10. The third-order valence-corrected chi connectivity index (χ3v) is 2.76. The molecule has 0 atom stereocenters. The van der Waals surface area contributed by atoms with Crippen molar-refractivity contribution in [3.63, 3.8) is 0 Å². The number of rotatable bonds is 5. The molecule has 1 N–H and O–H groups in total. The Kier molecular flexibility index (Phi) is 6.11. The number of alkyl halides is 1. The van der Waals surface area contributed by atoms with Crippen LogP contribution in [0, 0.1) is 0 Å². The van der Waals surface area contributed by atoms with Gasteiger partial charge >= 0.3 is 5.97 Å². The molecule has 0 aliphatic rings. The molecule has 0 saturated carbocycles. The van der Waals surface area contributed by atoms with Crippen molar-refractivity contribution in [2.24, 2.45) is 0 Å². The molecule has 0 unspecified atom stereocenters. The van der Waals surface area contributed by atoms with E-state index in [-0.39, 0.29) is 16.5 Å². The predicted octanol–water partition coefficient (Wildman–Crippen LogP) is 2.86. The molecule has 5 nitrogen and oxygen atoms in total. The van der Waals surface area contributed by atoms with Gasteiger partial charge in [0.05, 0.1) is 24.4 Å². The molecule has 104 valence electrons. The molecule has 0 spiro atoms. The first-order valence-electron chi connectivity index (χ1n) is 5.37. The Bertz CT molecular complexity index is 493. The predicted molar refractivity (Wildman–Crippen MR) is 76.4 cm³/mol. The van der Waals surface area contributed by atoms with E-state index in [0.717, 1.165) is 0 Å². The number of benzene rings is 1. The SMILES string of the molecule is COC(=O)c1cc(Cl)c(NC(C)=O)cc1OCCBr. The normalized spacial score (nSPS) is 9.89. The molecule has 1 amide bonds. The molecule has 0 saturated heterocycles. The van der Waals surface area contributed by atoms with Crippen molar-refractivity contribution >= 4 is 45.1 Å². The van der Waals surface area contributed by atoms with Crippen molar-refractivity contribution < 1.29 is 19.1 Å². The molecule has 19 heavy (non-hydrogen) atoms. The van der Waals surface area contributed by atoms with E-state index in [4.69, 9.17) is 16.3 Å². The van der Waals surface area contributed by atoms with Crippen LogP contribution in [-0.4, -0.2) is 30.9 Å². The van der Waals surface area contributed by atoms with E-state index >= 15 is 0 Å². The third-order valence-electron chi connectivity index (χ3n) is 2.12. The van der Waals surface area contributed by atoms with E-state index < -0.39 is 5.97 Å². The van der Waals surface area contributed by atoms with Crippen molar-refractivity contribution in [1.29, 1.82) is 0 Å². The van der Waals surface area contributed by atoms with E-state index in [9.17, 15) is 9.59 Å². The minimum Gasteiger partial charge on any atom is -0.492 e. The van der Waals surface area contributed by atoms with Crippen molar-refractivity contribution in [3.8, 4) is 5.75 Å². The quantitative estimate of drug-likeness (QED) is 0.655. The lowest BCUT2D eigenvalue weighted by molar-refractivity contribution is -0.114. The highest BCUT2D eigenvalue weighted by atomic mass is 79.9. The first-order chi connectivity index (χ1) is 8.99. The average molecular weight is 351 g/mol. The summed E-state index contributed by atoms with van der Waals surface area (Å²) in [5.41, 5.74) is 0.592. The van der Waals surface area contributed by atoms with E-state index in [1.807, 2.05) is 0 Å². The Morgan fingerprint density at radius 2 is 2.11 bits per heavy atom. The van der Waals surface area contributed by atoms with E-state index in [1.54, 1.807) is 0 Å². The summed E-state index contributed by atoms with van der Waals surface area (Å²) in [6, 6.07) is 2.90. The summed E-state index contributed by atoms with van der Waals surface area (Å²) in [5, 5.41) is 3.40. The summed E-state index contributed by atoms with van der Waals surface area (Å²) in [4.78, 5) is 22.7. The topological polar surface area (TPSA) is 64.6 Å². The fourth-order valence-electron chi connectivity index (χ4n) is 1.38. The Balaban J connectivity index is 3.19. The summed E-state index contributed by atoms with van der Waals surface area (Å²) in [6.07, 6.45) is 0. The number of methoxy groups -OCH3 is 1. The zero-order chi connectivity index (χ0) is 14.4. The van der Waals surface area contributed by atoms with Crippen LogP contribution in [0.25, 0.3) is 0 Å². The second kappa shape index (κ2) is 7.35. The largest absolute Gasteiger partial charge is 0.492 e. The van der Waals surface area contributed by atoms with Crippen molar-refractivity contribution in [2.75, 3.05) is 24.4 Å². The highest BCUT2D eigenvalue weighted by molar-refractivity contribution is 9.09. The van der Waals surface area contributed by atoms with Gasteiger partial charge in [0, 0.05) is 18.3 Å². The van der Waals surface area contributed by atoms with Crippen LogP contribution >= 0.6 is 27.5 Å². The number of carbonyl (C=O) groups excluding carboxylic acids is 2. The lowest BCUT2D eigenvalue weighted by atomic mass is 10.1. The second-order valence-corrected chi connectivity index (χ2v) is 4.74. The van der Waals surface area contributed by atoms with Crippen molar-refractivity contribution in [3.05, 3.63) is 22.7 Å². The zero-order valence-corrected chi connectivity index (χ0v) is 12.8. The van der Waals surface area contributed by atoms with Gasteiger partial charge in [-0.3, -0.25) is 4.79 Å². The Morgan fingerprint density at radius 3 is 2.63 bits per heavy atom. The minimum absolute atomic E-state index is 0.211. The van der Waals surface area contributed by atoms with Crippen LogP contribution < -0.4 is 10.1 Å². The van der Waals surface area contributed by atoms with Crippen LogP contribution in [0.5, 0.6) is 5.75 Å². The highest BCUT2D eigenvalue weighted by Gasteiger charge is 2.17. The molecular weight excluding hydrogens is 337 g/mol. The summed E-state index contributed by atoms with van der Waals surface area (Å²) >= 11 is 9.22. The van der Waals surface area contributed by atoms with Crippen LogP contribution in [-0.2, 0) is 9.53 Å². The van der Waals surface area contributed by atoms with Crippen LogP contribution in [0.1, 0.15) is 17.3 Å². The van der Waals surface area contributed by atoms with Gasteiger partial charge in [0.15, 0.2) is 0 Å². The first kappa shape index (κ1) is 15.8. The van der Waals surface area contributed by atoms with Gasteiger partial charge in [-0.05, 0) is 6.07 Å². The molecule has 0 fully saturated rings. The smallest absolute Gasteiger partial charge is 0.341 e. The number of carbonyl (C=O) groups is 2. The first-order valence-corrected chi connectivity index (χ1v) is 6.87. The molecule has 0 aliphatic carbocycles. The molecule has 1 aromatic rings. The van der Waals surface area contributed by atoms with Crippen LogP contribution in [0.2, 0.25) is 5.02 Å². The summed E-state index contributed by atoms with van der Waals surface area (Å²) in [6.45, 7) is 1.73. The molecule has 0 aromatic heterocycles. The number of halogens is 2. The number of hydrogen-bond acceptors (Lipinski definition) is 4. The molecule has 0 aliphatic heterocycles. The van der Waals surface area contributed by atoms with Crippen LogP contribution in [0.3, 0.4) is 0 Å². The molecule has 0 radical (unpaired) electrons. The standard InChI is InChI=1S/C12H13BrClNO4/c1-7(16)15-10-6-11(19-4-3-13)8(5-9(10)14)12(17)18-2/h5-6H,3-4H2,1-2H3,(H,15,16). The molecule has 1 rings (SSSR count). The maximum atomic E-state index is 11.6. The Morgan fingerprint density at radius 1 is 1.42 bits per heavy atom. The second-order valence-electron chi connectivity index (χ2n) is 3.54. The van der Waals surface area contributed by atoms with Gasteiger partial charge in [-0.25, -0.2) is 4.79 Å². The van der Waals surface area contributed by atoms with Gasteiger partial charge in [0.1, 0.15) is 11.3 Å².